The number of amides is 1. The fraction of sp³-hybridized carbons (Fsp3) is 0.368. The van der Waals surface area contributed by atoms with Crippen molar-refractivity contribution in [2.45, 2.75) is 45.4 Å². The molecule has 0 aliphatic carbocycles. The molecule has 0 bridgehead atoms. The third-order valence-electron chi connectivity index (χ3n) is 3.64. The van der Waals surface area contributed by atoms with Gasteiger partial charge in [0.2, 0.25) is 5.91 Å². The first kappa shape index (κ1) is 18.5. The molecular formula is C19H23BrN2O2. The zero-order valence-electron chi connectivity index (χ0n) is 13.9. The van der Waals surface area contributed by atoms with Gasteiger partial charge in [0, 0.05) is 16.5 Å². The molecular weight excluding hydrogens is 368 g/mol. The maximum atomic E-state index is 11.7. The Bertz CT molecular complexity index is 662. The topological polar surface area (TPSA) is 54.6 Å². The van der Waals surface area contributed by atoms with Gasteiger partial charge in [-0.25, -0.2) is 5.43 Å². The lowest BCUT2D eigenvalue weighted by molar-refractivity contribution is -0.121. The van der Waals surface area contributed by atoms with Crippen molar-refractivity contribution in [3.05, 3.63) is 46.6 Å². The predicted molar refractivity (Wildman–Crippen MR) is 101 cm³/mol. The number of furan rings is 1. The molecule has 1 amide bonds. The number of unbranched alkanes of at least 4 members (excludes halogenated alkanes) is 4. The van der Waals surface area contributed by atoms with Crippen LogP contribution < -0.4 is 5.43 Å². The smallest absolute Gasteiger partial charge is 0.240 e. The SMILES string of the molecule is CCCCCCCC(=O)NN=Cc1ccc(-c2ccc(Br)cc2)o1. The molecule has 0 unspecified atom stereocenters. The Morgan fingerprint density at radius 3 is 2.62 bits per heavy atom. The van der Waals surface area contributed by atoms with Crippen molar-refractivity contribution in [3.8, 4) is 11.3 Å². The van der Waals surface area contributed by atoms with E-state index < -0.39 is 0 Å². The van der Waals surface area contributed by atoms with Gasteiger partial charge >= 0.3 is 0 Å². The molecule has 5 heteroatoms. The highest BCUT2D eigenvalue weighted by Gasteiger charge is 2.04. The number of rotatable bonds is 9. The second-order valence-corrected chi connectivity index (χ2v) is 6.58. The average Bonchev–Trinajstić information content (AvgIpc) is 3.04. The molecule has 128 valence electrons. The normalized spacial score (nSPS) is 11.1. The molecule has 4 nitrogen and oxygen atoms in total. The third-order valence-corrected chi connectivity index (χ3v) is 4.17. The number of hydrogen-bond acceptors (Lipinski definition) is 3. The number of carbonyl (C=O) groups excluding carboxylic acids is 1. The van der Waals surface area contributed by atoms with Gasteiger partial charge in [0.25, 0.3) is 0 Å². The zero-order chi connectivity index (χ0) is 17.2. The van der Waals surface area contributed by atoms with Crippen LogP contribution in [0.5, 0.6) is 0 Å². The Labute approximate surface area is 151 Å². The second-order valence-electron chi connectivity index (χ2n) is 5.67. The van der Waals surface area contributed by atoms with E-state index in [9.17, 15) is 4.79 Å². The Morgan fingerprint density at radius 2 is 1.88 bits per heavy atom. The lowest BCUT2D eigenvalue weighted by atomic mass is 10.1. The minimum absolute atomic E-state index is 0.0533. The molecule has 1 aromatic carbocycles. The summed E-state index contributed by atoms with van der Waals surface area (Å²) in [6, 6.07) is 11.6. The van der Waals surface area contributed by atoms with E-state index in [4.69, 9.17) is 4.42 Å². The van der Waals surface area contributed by atoms with Crippen LogP contribution in [-0.2, 0) is 4.79 Å². The Morgan fingerprint density at radius 1 is 1.12 bits per heavy atom. The first-order valence-electron chi connectivity index (χ1n) is 8.36. The van der Waals surface area contributed by atoms with Gasteiger partial charge in [0.15, 0.2) is 0 Å². The molecule has 2 rings (SSSR count). The number of nitrogens with one attached hydrogen (secondary N) is 1. The quantitative estimate of drug-likeness (QED) is 0.348. The lowest BCUT2D eigenvalue weighted by Gasteiger charge is -1.99. The fourth-order valence-corrected chi connectivity index (χ4v) is 2.57. The maximum Gasteiger partial charge on any atom is 0.240 e. The fourth-order valence-electron chi connectivity index (χ4n) is 2.30. The second kappa shape index (κ2) is 10.1. The van der Waals surface area contributed by atoms with E-state index in [2.05, 4.69) is 33.4 Å². The van der Waals surface area contributed by atoms with Crippen molar-refractivity contribution in [2.75, 3.05) is 0 Å². The summed E-state index contributed by atoms with van der Waals surface area (Å²) in [6.07, 6.45) is 7.69. The third kappa shape index (κ3) is 6.32. The van der Waals surface area contributed by atoms with Gasteiger partial charge in [0.1, 0.15) is 11.5 Å². The lowest BCUT2D eigenvalue weighted by Crippen LogP contribution is -2.16. The highest BCUT2D eigenvalue weighted by atomic mass is 79.9. The molecule has 1 heterocycles. The van der Waals surface area contributed by atoms with E-state index >= 15 is 0 Å². The van der Waals surface area contributed by atoms with Crippen LogP contribution >= 0.6 is 15.9 Å². The van der Waals surface area contributed by atoms with Crippen molar-refractivity contribution in [1.29, 1.82) is 0 Å². The van der Waals surface area contributed by atoms with Crippen LogP contribution in [0.3, 0.4) is 0 Å². The molecule has 1 aromatic heterocycles. The summed E-state index contributed by atoms with van der Waals surface area (Å²) in [6.45, 7) is 2.18. The minimum atomic E-state index is -0.0533. The molecule has 24 heavy (non-hydrogen) atoms. The van der Waals surface area contributed by atoms with E-state index in [-0.39, 0.29) is 5.91 Å². The Balaban J connectivity index is 1.76. The molecule has 0 aliphatic heterocycles. The molecule has 0 saturated carbocycles. The summed E-state index contributed by atoms with van der Waals surface area (Å²) in [4.78, 5) is 11.7. The monoisotopic (exact) mass is 390 g/mol. The molecule has 0 radical (unpaired) electrons. The first-order chi connectivity index (χ1) is 11.7. The largest absolute Gasteiger partial charge is 0.455 e. The van der Waals surface area contributed by atoms with E-state index in [1.807, 2.05) is 36.4 Å². The van der Waals surface area contributed by atoms with E-state index in [0.29, 0.717) is 12.2 Å². The van der Waals surface area contributed by atoms with E-state index in [1.54, 1.807) is 0 Å². The van der Waals surface area contributed by atoms with Gasteiger partial charge < -0.3 is 4.42 Å². The molecule has 0 spiro atoms. The first-order valence-corrected chi connectivity index (χ1v) is 9.16. The van der Waals surface area contributed by atoms with Gasteiger partial charge in [-0.2, -0.15) is 5.10 Å². The average molecular weight is 391 g/mol. The Hall–Kier alpha value is -1.88. The van der Waals surface area contributed by atoms with Crippen LogP contribution in [-0.4, -0.2) is 12.1 Å². The van der Waals surface area contributed by atoms with Crippen LogP contribution in [0, 0.1) is 0 Å². The van der Waals surface area contributed by atoms with Crippen LogP contribution in [0.15, 0.2) is 50.4 Å². The number of nitrogens with zero attached hydrogens (tertiary/aromatic N) is 1. The van der Waals surface area contributed by atoms with Crippen molar-refractivity contribution in [2.24, 2.45) is 5.10 Å². The van der Waals surface area contributed by atoms with E-state index in [1.165, 1.54) is 25.5 Å². The molecule has 0 aliphatic rings. The molecule has 0 atom stereocenters. The van der Waals surface area contributed by atoms with Crippen LogP contribution in [0.25, 0.3) is 11.3 Å². The summed E-state index contributed by atoms with van der Waals surface area (Å²) in [5.41, 5.74) is 3.54. The van der Waals surface area contributed by atoms with Crippen molar-refractivity contribution < 1.29 is 9.21 Å². The summed E-state index contributed by atoms with van der Waals surface area (Å²) >= 11 is 3.41. The Kier molecular flexibility index (Phi) is 7.75. The van der Waals surface area contributed by atoms with Crippen LogP contribution in [0.2, 0.25) is 0 Å². The van der Waals surface area contributed by atoms with Gasteiger partial charge in [-0.05, 0) is 30.7 Å². The van der Waals surface area contributed by atoms with Crippen LogP contribution in [0.4, 0.5) is 0 Å². The summed E-state index contributed by atoms with van der Waals surface area (Å²) in [5.74, 6) is 1.32. The highest BCUT2D eigenvalue weighted by Crippen LogP contribution is 2.23. The van der Waals surface area contributed by atoms with Gasteiger partial charge in [-0.1, -0.05) is 60.7 Å². The number of hydrazone groups is 1. The molecule has 1 N–H and O–H groups in total. The van der Waals surface area contributed by atoms with Crippen molar-refractivity contribution in [3.63, 3.8) is 0 Å². The highest BCUT2D eigenvalue weighted by molar-refractivity contribution is 9.10. The number of hydrogen-bond donors (Lipinski definition) is 1. The van der Waals surface area contributed by atoms with E-state index in [0.717, 1.165) is 28.6 Å². The molecule has 2 aromatic rings. The zero-order valence-corrected chi connectivity index (χ0v) is 15.5. The minimum Gasteiger partial charge on any atom is -0.455 e. The number of benzene rings is 1. The van der Waals surface area contributed by atoms with Gasteiger partial charge in [-0.3, -0.25) is 4.79 Å². The molecule has 0 fully saturated rings. The standard InChI is InChI=1S/C19H23BrN2O2/c1-2-3-4-5-6-7-19(23)22-21-14-17-12-13-18(24-17)15-8-10-16(20)11-9-15/h8-14H,2-7H2,1H3,(H,22,23). The van der Waals surface area contributed by atoms with Crippen molar-refractivity contribution >= 4 is 28.1 Å². The van der Waals surface area contributed by atoms with Gasteiger partial charge in [0.05, 0.1) is 6.21 Å². The van der Waals surface area contributed by atoms with Crippen molar-refractivity contribution in [1.82, 2.24) is 5.43 Å². The maximum absolute atomic E-state index is 11.7. The number of carbonyl (C=O) groups is 1. The summed E-state index contributed by atoms with van der Waals surface area (Å²) in [5, 5.41) is 3.95. The van der Waals surface area contributed by atoms with Gasteiger partial charge in [-0.15, -0.1) is 0 Å². The predicted octanol–water partition coefficient (Wildman–Crippen LogP) is 5.52. The number of halogens is 1. The summed E-state index contributed by atoms with van der Waals surface area (Å²) < 4.78 is 6.73. The molecule has 0 saturated heterocycles. The van der Waals surface area contributed by atoms with Crippen LogP contribution in [0.1, 0.15) is 51.2 Å². The summed E-state index contributed by atoms with van der Waals surface area (Å²) in [7, 11) is 0.